The first-order valence-electron chi connectivity index (χ1n) is 9.87. The maximum Gasteiger partial charge on any atom is 0.251 e. The Balaban J connectivity index is 1.59. The van der Waals surface area contributed by atoms with Crippen molar-refractivity contribution >= 4 is 28.6 Å². The summed E-state index contributed by atoms with van der Waals surface area (Å²) in [5, 5.41) is 5.92. The van der Waals surface area contributed by atoms with Gasteiger partial charge in [0.25, 0.3) is 5.91 Å². The van der Waals surface area contributed by atoms with Gasteiger partial charge in [-0.25, -0.2) is 13.8 Å². The van der Waals surface area contributed by atoms with Gasteiger partial charge in [0.05, 0.1) is 11.0 Å². The number of halogens is 2. The van der Waals surface area contributed by atoms with Crippen molar-refractivity contribution in [1.82, 2.24) is 14.9 Å². The normalized spacial score (nSPS) is 16.7. The number of para-hydroxylation sites is 2. The Labute approximate surface area is 168 Å². The van der Waals surface area contributed by atoms with E-state index >= 15 is 0 Å². The van der Waals surface area contributed by atoms with Gasteiger partial charge in [-0.15, -0.1) is 0 Å². The molecule has 1 saturated carbocycles. The number of benzene rings is 2. The van der Waals surface area contributed by atoms with Crippen molar-refractivity contribution < 1.29 is 13.6 Å². The van der Waals surface area contributed by atoms with E-state index in [1.54, 1.807) is 19.2 Å². The molecule has 4 rings (SSSR count). The van der Waals surface area contributed by atoms with Crippen molar-refractivity contribution in [3.05, 3.63) is 54.1 Å². The summed E-state index contributed by atoms with van der Waals surface area (Å²) in [6.45, 7) is 0.648. The second-order valence-corrected chi connectivity index (χ2v) is 7.62. The molecule has 2 aromatic carbocycles. The highest BCUT2D eigenvalue weighted by molar-refractivity contribution is 5.94. The van der Waals surface area contributed by atoms with Crippen LogP contribution in [0.1, 0.15) is 36.0 Å². The number of hydrogen-bond donors (Lipinski definition) is 2. The molecule has 1 aromatic heterocycles. The topological polar surface area (TPSA) is 59.0 Å². The second-order valence-electron chi connectivity index (χ2n) is 7.62. The molecule has 0 aliphatic heterocycles. The largest absolute Gasteiger partial charge is 0.355 e. The van der Waals surface area contributed by atoms with E-state index in [0.29, 0.717) is 30.9 Å². The highest BCUT2D eigenvalue weighted by Crippen LogP contribution is 2.37. The molecular weight excluding hydrogens is 374 g/mol. The molecular formula is C22H24F2N4O. The lowest BCUT2D eigenvalue weighted by Gasteiger charge is -2.29. The van der Waals surface area contributed by atoms with Gasteiger partial charge in [-0.1, -0.05) is 12.1 Å². The summed E-state index contributed by atoms with van der Waals surface area (Å²) in [6.07, 6.45) is 0.932. The third-order valence-electron chi connectivity index (χ3n) is 5.56. The average molecular weight is 398 g/mol. The number of rotatable bonds is 5. The lowest BCUT2D eigenvalue weighted by molar-refractivity contribution is -0.0471. The highest BCUT2D eigenvalue weighted by Gasteiger charge is 2.35. The first-order chi connectivity index (χ1) is 13.9. The van der Waals surface area contributed by atoms with Crippen molar-refractivity contribution in [2.45, 2.75) is 38.2 Å². The summed E-state index contributed by atoms with van der Waals surface area (Å²) in [6, 6.07) is 15.0. The molecule has 2 N–H and O–H groups in total. The van der Waals surface area contributed by atoms with Crippen LogP contribution in [0.25, 0.3) is 11.0 Å². The van der Waals surface area contributed by atoms with E-state index in [2.05, 4.69) is 15.2 Å². The van der Waals surface area contributed by atoms with E-state index < -0.39 is 5.92 Å². The third-order valence-corrected chi connectivity index (χ3v) is 5.56. The summed E-state index contributed by atoms with van der Waals surface area (Å²) < 4.78 is 29.1. The molecule has 0 unspecified atom stereocenters. The van der Waals surface area contributed by atoms with Crippen LogP contribution in [0.15, 0.2) is 48.5 Å². The van der Waals surface area contributed by atoms with Gasteiger partial charge in [-0.2, -0.15) is 0 Å². The molecule has 1 heterocycles. The number of fused-ring (bicyclic) bond motifs is 1. The molecule has 1 aliphatic rings. The summed E-state index contributed by atoms with van der Waals surface area (Å²) >= 11 is 0. The summed E-state index contributed by atoms with van der Waals surface area (Å²) in [4.78, 5) is 16.4. The highest BCUT2D eigenvalue weighted by atomic mass is 19.3. The van der Waals surface area contributed by atoms with Gasteiger partial charge in [0.2, 0.25) is 11.9 Å². The second kappa shape index (κ2) is 7.81. The van der Waals surface area contributed by atoms with Crippen LogP contribution in [0.3, 0.4) is 0 Å². The van der Waals surface area contributed by atoms with Gasteiger partial charge in [-0.05, 0) is 55.2 Å². The molecule has 0 bridgehead atoms. The SMILES string of the molecule is CNC(=O)c1ccc(Nc2nc3ccccc3n2CC2CCC(F)(F)CC2)cc1. The predicted octanol–water partition coefficient (Wildman–Crippen LogP) is 4.97. The minimum Gasteiger partial charge on any atom is -0.355 e. The maximum absolute atomic E-state index is 13.5. The van der Waals surface area contributed by atoms with E-state index in [9.17, 15) is 13.6 Å². The zero-order valence-electron chi connectivity index (χ0n) is 16.3. The Morgan fingerprint density at radius 1 is 1.14 bits per heavy atom. The zero-order valence-corrected chi connectivity index (χ0v) is 16.3. The fourth-order valence-corrected chi connectivity index (χ4v) is 3.87. The standard InChI is InChI=1S/C22H24F2N4O/c1-25-20(29)16-6-8-17(9-7-16)26-21-27-18-4-2-3-5-19(18)28(21)14-15-10-12-22(23,24)13-11-15/h2-9,15H,10-14H2,1H3,(H,25,29)(H,26,27). The quantitative estimate of drug-likeness (QED) is 0.638. The number of amides is 1. The van der Waals surface area contributed by atoms with Crippen LogP contribution in [0, 0.1) is 5.92 Å². The van der Waals surface area contributed by atoms with Gasteiger partial charge in [0.15, 0.2) is 0 Å². The van der Waals surface area contributed by atoms with Crippen LogP contribution in [0.5, 0.6) is 0 Å². The van der Waals surface area contributed by atoms with Crippen molar-refractivity contribution in [1.29, 1.82) is 0 Å². The molecule has 1 amide bonds. The van der Waals surface area contributed by atoms with E-state index in [1.165, 1.54) is 0 Å². The number of nitrogens with zero attached hydrogens (tertiary/aromatic N) is 2. The average Bonchev–Trinajstić information content (AvgIpc) is 3.06. The third kappa shape index (κ3) is 4.23. The van der Waals surface area contributed by atoms with Gasteiger partial charge in [-0.3, -0.25) is 4.79 Å². The molecule has 0 atom stereocenters. The zero-order chi connectivity index (χ0) is 20.4. The molecule has 1 fully saturated rings. The Kier molecular flexibility index (Phi) is 5.22. The van der Waals surface area contributed by atoms with Crippen LogP contribution in [0.2, 0.25) is 0 Å². The van der Waals surface area contributed by atoms with E-state index in [-0.39, 0.29) is 24.7 Å². The van der Waals surface area contributed by atoms with E-state index in [4.69, 9.17) is 4.98 Å². The van der Waals surface area contributed by atoms with Crippen LogP contribution in [-0.2, 0) is 6.54 Å². The Morgan fingerprint density at radius 3 is 2.52 bits per heavy atom. The molecule has 152 valence electrons. The van der Waals surface area contributed by atoms with E-state index in [1.807, 2.05) is 36.4 Å². The number of aromatic nitrogens is 2. The minimum atomic E-state index is -2.53. The molecule has 0 saturated heterocycles. The summed E-state index contributed by atoms with van der Waals surface area (Å²) in [5.74, 6) is -1.79. The van der Waals surface area contributed by atoms with Crippen LogP contribution < -0.4 is 10.6 Å². The molecule has 29 heavy (non-hydrogen) atoms. The number of nitrogens with one attached hydrogen (secondary N) is 2. The molecule has 7 heteroatoms. The van der Waals surface area contributed by atoms with Crippen LogP contribution >= 0.6 is 0 Å². The number of hydrogen-bond acceptors (Lipinski definition) is 3. The van der Waals surface area contributed by atoms with Gasteiger partial charge >= 0.3 is 0 Å². The van der Waals surface area contributed by atoms with Crippen molar-refractivity contribution in [2.24, 2.45) is 5.92 Å². The van der Waals surface area contributed by atoms with Crippen molar-refractivity contribution in [3.8, 4) is 0 Å². The number of alkyl halides is 2. The van der Waals surface area contributed by atoms with Gasteiger partial charge in [0, 0.05) is 37.7 Å². The van der Waals surface area contributed by atoms with Gasteiger partial charge < -0.3 is 15.2 Å². The fourth-order valence-electron chi connectivity index (χ4n) is 3.87. The lowest BCUT2D eigenvalue weighted by atomic mass is 9.86. The smallest absolute Gasteiger partial charge is 0.251 e. The fraction of sp³-hybridized carbons (Fsp3) is 0.364. The Hall–Kier alpha value is -2.96. The summed E-state index contributed by atoms with van der Waals surface area (Å²) in [5.41, 5.74) is 3.23. The molecule has 0 spiro atoms. The number of anilines is 2. The lowest BCUT2D eigenvalue weighted by Crippen LogP contribution is -2.27. The maximum atomic E-state index is 13.5. The van der Waals surface area contributed by atoms with Gasteiger partial charge in [0.1, 0.15) is 0 Å². The summed E-state index contributed by atoms with van der Waals surface area (Å²) in [7, 11) is 1.60. The van der Waals surface area contributed by atoms with Crippen LogP contribution in [-0.4, -0.2) is 28.4 Å². The molecule has 1 aliphatic carbocycles. The minimum absolute atomic E-state index is 0.0476. The molecule has 3 aromatic rings. The number of imidazole rings is 1. The van der Waals surface area contributed by atoms with E-state index in [0.717, 1.165) is 16.7 Å². The molecule has 0 radical (unpaired) electrons. The van der Waals surface area contributed by atoms with Crippen molar-refractivity contribution in [3.63, 3.8) is 0 Å². The predicted molar refractivity (Wildman–Crippen MR) is 110 cm³/mol. The first-order valence-corrected chi connectivity index (χ1v) is 9.87. The number of carbonyl (C=O) groups is 1. The van der Waals surface area contributed by atoms with Crippen molar-refractivity contribution in [2.75, 3.05) is 12.4 Å². The monoisotopic (exact) mass is 398 g/mol. The first kappa shape index (κ1) is 19.4. The number of carbonyl (C=O) groups excluding carboxylic acids is 1. The Morgan fingerprint density at radius 2 is 1.83 bits per heavy atom. The molecule has 5 nitrogen and oxygen atoms in total. The van der Waals surface area contributed by atoms with Crippen LogP contribution in [0.4, 0.5) is 20.4 Å². The Bertz CT molecular complexity index is 1000.